The second kappa shape index (κ2) is 6.12. The van der Waals surface area contributed by atoms with Crippen LogP contribution in [0.1, 0.15) is 18.9 Å². The van der Waals surface area contributed by atoms with Crippen molar-refractivity contribution in [3.63, 3.8) is 0 Å². The fraction of sp³-hybridized carbons (Fsp3) is 0.533. The van der Waals surface area contributed by atoms with Gasteiger partial charge in [-0.2, -0.15) is 0 Å². The molecule has 0 spiro atoms. The first-order valence-electron chi connectivity index (χ1n) is 6.61. The molecule has 3 nitrogen and oxygen atoms in total. The van der Waals surface area contributed by atoms with Crippen molar-refractivity contribution >= 4 is 5.78 Å². The standard InChI is InChI=1S/C15H22N2O/c1-13(18)10-15-12-17(9-8-16(15)2)11-14-6-4-3-5-7-14/h3-7,15H,8-12H2,1-2H3. The van der Waals surface area contributed by atoms with Crippen molar-refractivity contribution in [2.45, 2.75) is 25.9 Å². The minimum absolute atomic E-state index is 0.286. The van der Waals surface area contributed by atoms with E-state index in [0.717, 1.165) is 26.2 Å². The fourth-order valence-corrected chi connectivity index (χ4v) is 2.55. The van der Waals surface area contributed by atoms with Crippen LogP contribution >= 0.6 is 0 Å². The predicted octanol–water partition coefficient (Wildman–Crippen LogP) is 1.78. The van der Waals surface area contributed by atoms with Gasteiger partial charge < -0.3 is 4.90 Å². The second-order valence-corrected chi connectivity index (χ2v) is 5.26. The largest absolute Gasteiger partial charge is 0.300 e. The van der Waals surface area contributed by atoms with Gasteiger partial charge in [-0.15, -0.1) is 0 Å². The molecule has 1 aliphatic rings. The third kappa shape index (κ3) is 3.65. The van der Waals surface area contributed by atoms with Gasteiger partial charge in [0, 0.05) is 38.6 Å². The van der Waals surface area contributed by atoms with Crippen molar-refractivity contribution in [2.75, 3.05) is 26.7 Å². The van der Waals surface area contributed by atoms with Crippen molar-refractivity contribution in [1.82, 2.24) is 9.80 Å². The highest BCUT2D eigenvalue weighted by molar-refractivity contribution is 5.76. The molecule has 18 heavy (non-hydrogen) atoms. The molecule has 1 aromatic carbocycles. The molecule has 1 aromatic rings. The van der Waals surface area contributed by atoms with Crippen LogP contribution in [0.4, 0.5) is 0 Å². The highest BCUT2D eigenvalue weighted by atomic mass is 16.1. The molecule has 1 saturated heterocycles. The van der Waals surface area contributed by atoms with Crippen molar-refractivity contribution in [3.05, 3.63) is 35.9 Å². The van der Waals surface area contributed by atoms with Gasteiger partial charge >= 0.3 is 0 Å². The van der Waals surface area contributed by atoms with Crippen LogP contribution in [-0.4, -0.2) is 48.3 Å². The molecule has 0 bridgehead atoms. The molecule has 0 saturated carbocycles. The molecule has 1 fully saturated rings. The second-order valence-electron chi connectivity index (χ2n) is 5.26. The molecule has 0 aliphatic carbocycles. The number of carbonyl (C=O) groups excluding carboxylic acids is 1. The first kappa shape index (κ1) is 13.2. The van der Waals surface area contributed by atoms with E-state index < -0.39 is 0 Å². The van der Waals surface area contributed by atoms with Crippen LogP contribution in [0.5, 0.6) is 0 Å². The van der Waals surface area contributed by atoms with Crippen LogP contribution < -0.4 is 0 Å². The summed E-state index contributed by atoms with van der Waals surface area (Å²) < 4.78 is 0. The zero-order chi connectivity index (χ0) is 13.0. The summed E-state index contributed by atoms with van der Waals surface area (Å²) >= 11 is 0. The lowest BCUT2D eigenvalue weighted by atomic mass is 10.1. The van der Waals surface area contributed by atoms with Crippen molar-refractivity contribution in [3.8, 4) is 0 Å². The maximum Gasteiger partial charge on any atom is 0.131 e. The Hall–Kier alpha value is -1.19. The molecular weight excluding hydrogens is 224 g/mol. The maximum atomic E-state index is 11.3. The maximum absolute atomic E-state index is 11.3. The third-order valence-corrected chi connectivity index (χ3v) is 3.63. The Morgan fingerprint density at radius 3 is 2.67 bits per heavy atom. The van der Waals surface area contributed by atoms with E-state index in [-0.39, 0.29) is 5.78 Å². The Morgan fingerprint density at radius 1 is 1.28 bits per heavy atom. The van der Waals surface area contributed by atoms with E-state index in [0.29, 0.717) is 12.5 Å². The monoisotopic (exact) mass is 246 g/mol. The molecule has 0 aromatic heterocycles. The summed E-state index contributed by atoms with van der Waals surface area (Å²) in [6, 6.07) is 10.9. The number of carbonyl (C=O) groups is 1. The van der Waals surface area contributed by atoms with Crippen molar-refractivity contribution in [2.24, 2.45) is 0 Å². The van der Waals surface area contributed by atoms with Crippen molar-refractivity contribution in [1.29, 1.82) is 0 Å². The molecule has 1 aliphatic heterocycles. The Kier molecular flexibility index (Phi) is 4.50. The topological polar surface area (TPSA) is 23.6 Å². The number of ketones is 1. The number of benzene rings is 1. The Bertz CT molecular complexity index is 391. The summed E-state index contributed by atoms with van der Waals surface area (Å²) in [6.45, 7) is 5.79. The van der Waals surface area contributed by atoms with E-state index in [1.807, 2.05) is 6.07 Å². The molecule has 3 heteroatoms. The summed E-state index contributed by atoms with van der Waals surface area (Å²) in [4.78, 5) is 16.0. The number of rotatable bonds is 4. The smallest absolute Gasteiger partial charge is 0.131 e. The van der Waals surface area contributed by atoms with Gasteiger partial charge in [0.1, 0.15) is 5.78 Å². The van der Waals surface area contributed by atoms with Crippen LogP contribution in [0.2, 0.25) is 0 Å². The summed E-state index contributed by atoms with van der Waals surface area (Å²) in [5.41, 5.74) is 1.35. The Morgan fingerprint density at radius 2 is 2.00 bits per heavy atom. The molecule has 0 amide bonds. The third-order valence-electron chi connectivity index (χ3n) is 3.63. The first-order chi connectivity index (χ1) is 8.65. The number of hydrogen-bond acceptors (Lipinski definition) is 3. The highest BCUT2D eigenvalue weighted by Crippen LogP contribution is 2.14. The van der Waals surface area contributed by atoms with Gasteiger partial charge in [0.25, 0.3) is 0 Å². The van der Waals surface area contributed by atoms with Crippen LogP contribution in [0.15, 0.2) is 30.3 Å². The van der Waals surface area contributed by atoms with Gasteiger partial charge in [0.2, 0.25) is 0 Å². The number of piperazine rings is 1. The summed E-state index contributed by atoms with van der Waals surface area (Å²) in [5.74, 6) is 0.286. The first-order valence-corrected chi connectivity index (χ1v) is 6.61. The molecule has 0 N–H and O–H groups in total. The molecular formula is C15H22N2O. The highest BCUT2D eigenvalue weighted by Gasteiger charge is 2.25. The summed E-state index contributed by atoms with van der Waals surface area (Å²) in [6.07, 6.45) is 0.668. The van der Waals surface area contributed by atoms with E-state index >= 15 is 0 Å². The fourth-order valence-electron chi connectivity index (χ4n) is 2.55. The number of Topliss-reactive ketones (excluding diaryl/α,β-unsaturated/α-hetero) is 1. The summed E-state index contributed by atoms with van der Waals surface area (Å²) in [5, 5.41) is 0. The SMILES string of the molecule is CC(=O)CC1CN(Cc2ccccc2)CCN1C. The zero-order valence-electron chi connectivity index (χ0n) is 11.3. The van der Waals surface area contributed by atoms with Crippen LogP contribution in [0.3, 0.4) is 0 Å². The lowest BCUT2D eigenvalue weighted by molar-refractivity contribution is -0.118. The summed E-state index contributed by atoms with van der Waals surface area (Å²) in [7, 11) is 2.12. The van der Waals surface area contributed by atoms with Gasteiger partial charge in [-0.1, -0.05) is 30.3 Å². The number of likely N-dealkylation sites (N-methyl/N-ethyl adjacent to an activating group) is 1. The van der Waals surface area contributed by atoms with E-state index in [1.54, 1.807) is 6.92 Å². The average Bonchev–Trinajstić information content (AvgIpc) is 2.34. The normalized spacial score (nSPS) is 22.0. The van der Waals surface area contributed by atoms with Gasteiger partial charge in [0.05, 0.1) is 0 Å². The molecule has 0 radical (unpaired) electrons. The quantitative estimate of drug-likeness (QED) is 0.809. The average molecular weight is 246 g/mol. The minimum atomic E-state index is 0.286. The zero-order valence-corrected chi connectivity index (χ0v) is 11.3. The van der Waals surface area contributed by atoms with Crippen LogP contribution in [0.25, 0.3) is 0 Å². The van der Waals surface area contributed by atoms with Gasteiger partial charge in [-0.05, 0) is 19.5 Å². The van der Waals surface area contributed by atoms with E-state index in [1.165, 1.54) is 5.56 Å². The van der Waals surface area contributed by atoms with Gasteiger partial charge in [-0.3, -0.25) is 9.69 Å². The molecule has 2 rings (SSSR count). The van der Waals surface area contributed by atoms with E-state index in [9.17, 15) is 4.79 Å². The van der Waals surface area contributed by atoms with Crippen LogP contribution in [0, 0.1) is 0 Å². The predicted molar refractivity (Wildman–Crippen MR) is 73.4 cm³/mol. The van der Waals surface area contributed by atoms with Gasteiger partial charge in [-0.25, -0.2) is 0 Å². The van der Waals surface area contributed by atoms with Crippen LogP contribution in [-0.2, 0) is 11.3 Å². The van der Waals surface area contributed by atoms with E-state index in [2.05, 4.69) is 41.1 Å². The number of hydrogen-bond donors (Lipinski definition) is 0. The van der Waals surface area contributed by atoms with Crippen molar-refractivity contribution < 1.29 is 4.79 Å². The lowest BCUT2D eigenvalue weighted by Gasteiger charge is -2.39. The molecule has 1 atom stereocenters. The molecule has 98 valence electrons. The lowest BCUT2D eigenvalue weighted by Crippen LogP contribution is -2.51. The van der Waals surface area contributed by atoms with Gasteiger partial charge in [0.15, 0.2) is 0 Å². The molecule has 1 heterocycles. The number of nitrogens with zero attached hydrogens (tertiary/aromatic N) is 2. The minimum Gasteiger partial charge on any atom is -0.300 e. The Balaban J connectivity index is 1.93. The molecule has 1 unspecified atom stereocenters. The van der Waals surface area contributed by atoms with E-state index in [4.69, 9.17) is 0 Å². The Labute approximate surface area is 109 Å².